The first-order valence-electron chi connectivity index (χ1n) is 6.85. The molecule has 5 nitrogen and oxygen atoms in total. The maximum absolute atomic E-state index is 12.1. The molecule has 1 aliphatic rings. The summed E-state index contributed by atoms with van der Waals surface area (Å²) in [6.07, 6.45) is 0. The zero-order chi connectivity index (χ0) is 15.6. The van der Waals surface area contributed by atoms with Crippen LogP contribution < -0.4 is 10.6 Å². The highest BCUT2D eigenvalue weighted by Gasteiger charge is 2.20. The third kappa shape index (κ3) is 4.11. The number of rotatable bonds is 2. The van der Waals surface area contributed by atoms with Gasteiger partial charge in [0, 0.05) is 6.54 Å². The summed E-state index contributed by atoms with van der Waals surface area (Å²) in [5.41, 5.74) is 1.52. The van der Waals surface area contributed by atoms with Crippen molar-refractivity contribution in [2.45, 2.75) is 33.3 Å². The van der Waals surface area contributed by atoms with Crippen LogP contribution in [0.15, 0.2) is 17.1 Å². The van der Waals surface area contributed by atoms with Gasteiger partial charge in [0.2, 0.25) is 0 Å². The standard InChI is InChI=1S/C15H20ClN3O2/c1-9-7-10(13(20)21-15(2,3)4)8-11(16)12(9)19-14-17-5-6-18-14/h7-8H,5-6H2,1-4H3,(H2,17,18,19). The van der Waals surface area contributed by atoms with Gasteiger partial charge in [-0.05, 0) is 45.4 Å². The summed E-state index contributed by atoms with van der Waals surface area (Å²) in [5, 5.41) is 6.73. The van der Waals surface area contributed by atoms with Gasteiger partial charge in [0.1, 0.15) is 5.60 Å². The monoisotopic (exact) mass is 309 g/mol. The van der Waals surface area contributed by atoms with Crippen LogP contribution in [0.4, 0.5) is 5.69 Å². The summed E-state index contributed by atoms with van der Waals surface area (Å²) in [7, 11) is 0. The second-order valence-corrected chi connectivity index (χ2v) is 6.34. The fourth-order valence-electron chi connectivity index (χ4n) is 1.96. The molecule has 1 heterocycles. The molecule has 0 aromatic heterocycles. The van der Waals surface area contributed by atoms with Crippen LogP contribution in [0.2, 0.25) is 5.02 Å². The summed E-state index contributed by atoms with van der Waals surface area (Å²) in [6.45, 7) is 8.94. The molecule has 0 atom stereocenters. The molecule has 21 heavy (non-hydrogen) atoms. The normalized spacial score (nSPS) is 14.4. The van der Waals surface area contributed by atoms with Crippen molar-refractivity contribution in [1.29, 1.82) is 0 Å². The summed E-state index contributed by atoms with van der Waals surface area (Å²) in [4.78, 5) is 16.3. The van der Waals surface area contributed by atoms with Gasteiger partial charge in [0.05, 0.1) is 22.8 Å². The number of carbonyl (C=O) groups excluding carboxylic acids is 1. The number of nitrogens with one attached hydrogen (secondary N) is 2. The van der Waals surface area contributed by atoms with Crippen LogP contribution in [0.25, 0.3) is 0 Å². The van der Waals surface area contributed by atoms with Crippen LogP contribution >= 0.6 is 11.6 Å². The molecule has 114 valence electrons. The van der Waals surface area contributed by atoms with Crippen molar-refractivity contribution >= 4 is 29.2 Å². The van der Waals surface area contributed by atoms with Crippen molar-refractivity contribution in [3.05, 3.63) is 28.3 Å². The van der Waals surface area contributed by atoms with E-state index in [9.17, 15) is 4.79 Å². The van der Waals surface area contributed by atoms with E-state index in [0.717, 1.165) is 24.3 Å². The average molecular weight is 310 g/mol. The van der Waals surface area contributed by atoms with Crippen molar-refractivity contribution in [1.82, 2.24) is 5.32 Å². The largest absolute Gasteiger partial charge is 0.456 e. The second kappa shape index (κ2) is 5.93. The first-order valence-corrected chi connectivity index (χ1v) is 7.23. The highest BCUT2D eigenvalue weighted by atomic mass is 35.5. The summed E-state index contributed by atoms with van der Waals surface area (Å²) >= 11 is 6.28. The summed E-state index contributed by atoms with van der Waals surface area (Å²) < 4.78 is 5.35. The van der Waals surface area contributed by atoms with Crippen molar-refractivity contribution in [2.24, 2.45) is 4.99 Å². The van der Waals surface area contributed by atoms with E-state index in [4.69, 9.17) is 16.3 Å². The molecule has 0 fully saturated rings. The zero-order valence-electron chi connectivity index (χ0n) is 12.7. The van der Waals surface area contributed by atoms with Crippen molar-refractivity contribution in [3.8, 4) is 0 Å². The number of halogens is 1. The number of hydrogen-bond donors (Lipinski definition) is 2. The summed E-state index contributed by atoms with van der Waals surface area (Å²) in [6, 6.07) is 3.37. The topological polar surface area (TPSA) is 62.7 Å². The number of nitrogens with zero attached hydrogens (tertiary/aromatic N) is 1. The number of guanidine groups is 1. The molecule has 1 aliphatic heterocycles. The minimum absolute atomic E-state index is 0.379. The van der Waals surface area contributed by atoms with E-state index in [-0.39, 0.29) is 5.97 Å². The Morgan fingerprint density at radius 1 is 1.43 bits per heavy atom. The molecule has 0 unspecified atom stereocenters. The van der Waals surface area contributed by atoms with Gasteiger partial charge < -0.3 is 15.4 Å². The van der Waals surface area contributed by atoms with E-state index in [0.29, 0.717) is 16.5 Å². The predicted octanol–water partition coefficient (Wildman–Crippen LogP) is 2.97. The molecule has 2 rings (SSSR count). The lowest BCUT2D eigenvalue weighted by molar-refractivity contribution is 0.00695. The van der Waals surface area contributed by atoms with E-state index in [2.05, 4.69) is 15.6 Å². The van der Waals surface area contributed by atoms with E-state index in [1.165, 1.54) is 0 Å². The lowest BCUT2D eigenvalue weighted by Gasteiger charge is -2.20. The molecular weight excluding hydrogens is 290 g/mol. The lowest BCUT2D eigenvalue weighted by atomic mass is 10.1. The third-order valence-corrected chi connectivity index (χ3v) is 3.14. The molecule has 1 aromatic carbocycles. The highest BCUT2D eigenvalue weighted by molar-refractivity contribution is 6.34. The van der Waals surface area contributed by atoms with Crippen molar-refractivity contribution < 1.29 is 9.53 Å². The molecule has 1 aromatic rings. The van der Waals surface area contributed by atoms with Crippen LogP contribution in [0.5, 0.6) is 0 Å². The first-order chi connectivity index (χ1) is 9.76. The Labute approximate surface area is 129 Å². The fourth-order valence-corrected chi connectivity index (χ4v) is 2.27. The van der Waals surface area contributed by atoms with E-state index in [1.807, 2.05) is 27.7 Å². The van der Waals surface area contributed by atoms with Gasteiger partial charge in [0.25, 0.3) is 0 Å². The van der Waals surface area contributed by atoms with Gasteiger partial charge in [-0.1, -0.05) is 11.6 Å². The SMILES string of the molecule is Cc1cc(C(=O)OC(C)(C)C)cc(Cl)c1NC1=NCCN1. The smallest absolute Gasteiger partial charge is 0.338 e. The molecular formula is C15H20ClN3O2. The molecule has 0 saturated carbocycles. The number of anilines is 1. The van der Waals surface area contributed by atoms with Gasteiger partial charge in [0.15, 0.2) is 5.96 Å². The van der Waals surface area contributed by atoms with E-state index >= 15 is 0 Å². The fraction of sp³-hybridized carbons (Fsp3) is 0.467. The molecule has 0 spiro atoms. The van der Waals surface area contributed by atoms with Crippen molar-refractivity contribution in [2.75, 3.05) is 18.4 Å². The number of hydrogen-bond acceptors (Lipinski definition) is 5. The van der Waals surface area contributed by atoms with Crippen LogP contribution in [-0.2, 0) is 4.74 Å². The number of aliphatic imine (C=N–C) groups is 1. The van der Waals surface area contributed by atoms with Crippen molar-refractivity contribution in [3.63, 3.8) is 0 Å². The molecule has 0 radical (unpaired) electrons. The zero-order valence-corrected chi connectivity index (χ0v) is 13.5. The Bertz CT molecular complexity index is 568. The van der Waals surface area contributed by atoms with E-state index in [1.54, 1.807) is 12.1 Å². The van der Waals surface area contributed by atoms with Crippen LogP contribution in [0.1, 0.15) is 36.7 Å². The van der Waals surface area contributed by atoms with Crippen LogP contribution in [-0.4, -0.2) is 30.6 Å². The average Bonchev–Trinajstić information content (AvgIpc) is 2.84. The molecule has 2 N–H and O–H groups in total. The Morgan fingerprint density at radius 3 is 2.67 bits per heavy atom. The van der Waals surface area contributed by atoms with Crippen LogP contribution in [0, 0.1) is 6.92 Å². The molecule has 0 aliphatic carbocycles. The Kier molecular flexibility index (Phi) is 4.42. The van der Waals surface area contributed by atoms with Gasteiger partial charge in [-0.25, -0.2) is 4.79 Å². The maximum Gasteiger partial charge on any atom is 0.338 e. The summed E-state index contributed by atoms with van der Waals surface area (Å²) in [5.74, 6) is 0.320. The molecule has 0 saturated heterocycles. The van der Waals surface area contributed by atoms with Gasteiger partial charge in [-0.2, -0.15) is 0 Å². The molecule has 0 bridgehead atoms. The first kappa shape index (κ1) is 15.6. The number of benzene rings is 1. The van der Waals surface area contributed by atoms with Gasteiger partial charge >= 0.3 is 5.97 Å². The number of esters is 1. The minimum atomic E-state index is -0.531. The quantitative estimate of drug-likeness (QED) is 0.824. The number of aryl methyl sites for hydroxylation is 1. The molecule has 0 amide bonds. The van der Waals surface area contributed by atoms with E-state index < -0.39 is 5.60 Å². The predicted molar refractivity (Wildman–Crippen MR) is 85.3 cm³/mol. The second-order valence-electron chi connectivity index (χ2n) is 5.93. The highest BCUT2D eigenvalue weighted by Crippen LogP contribution is 2.28. The Hall–Kier alpha value is -1.75. The Balaban J connectivity index is 2.22. The van der Waals surface area contributed by atoms with Gasteiger partial charge in [-0.3, -0.25) is 4.99 Å². The number of carbonyl (C=O) groups is 1. The lowest BCUT2D eigenvalue weighted by Crippen LogP contribution is -2.27. The third-order valence-electron chi connectivity index (χ3n) is 2.84. The number of ether oxygens (including phenoxy) is 1. The van der Waals surface area contributed by atoms with Crippen LogP contribution in [0.3, 0.4) is 0 Å². The Morgan fingerprint density at radius 2 is 2.14 bits per heavy atom. The maximum atomic E-state index is 12.1. The minimum Gasteiger partial charge on any atom is -0.456 e. The van der Waals surface area contributed by atoms with Gasteiger partial charge in [-0.15, -0.1) is 0 Å². The molecule has 6 heteroatoms.